The van der Waals surface area contributed by atoms with Crippen LogP contribution in [0.2, 0.25) is 0 Å². The Morgan fingerprint density at radius 2 is 2.12 bits per heavy atom. The summed E-state index contributed by atoms with van der Waals surface area (Å²) in [6.07, 6.45) is 4.31. The lowest BCUT2D eigenvalue weighted by atomic mass is 9.81. The highest BCUT2D eigenvalue weighted by atomic mass is 16.2. The van der Waals surface area contributed by atoms with E-state index in [9.17, 15) is 4.79 Å². The fraction of sp³-hybridized carbons (Fsp3) is 0.929. The van der Waals surface area contributed by atoms with E-state index < -0.39 is 0 Å². The predicted molar refractivity (Wildman–Crippen MR) is 69.8 cm³/mol. The molecule has 98 valence electrons. The third kappa shape index (κ3) is 2.49. The molecule has 0 saturated carbocycles. The number of likely N-dealkylation sites (tertiary alicyclic amines) is 1. The van der Waals surface area contributed by atoms with Gasteiger partial charge in [0.25, 0.3) is 0 Å². The third-order valence-electron chi connectivity index (χ3n) is 4.39. The summed E-state index contributed by atoms with van der Waals surface area (Å²) in [5.41, 5.74) is 0.226. The minimum absolute atomic E-state index is 0.0881. The molecule has 2 saturated heterocycles. The maximum atomic E-state index is 12.7. The van der Waals surface area contributed by atoms with Crippen molar-refractivity contribution in [1.82, 2.24) is 10.2 Å². The summed E-state index contributed by atoms with van der Waals surface area (Å²) in [6.45, 7) is 10.5. The second kappa shape index (κ2) is 4.60. The van der Waals surface area contributed by atoms with Crippen LogP contribution in [0.25, 0.3) is 0 Å². The van der Waals surface area contributed by atoms with Gasteiger partial charge in [-0.05, 0) is 31.2 Å². The molecule has 3 nitrogen and oxygen atoms in total. The molecule has 2 rings (SSSR count). The monoisotopic (exact) mass is 238 g/mol. The molecule has 0 aromatic heterocycles. The second-order valence-electron chi connectivity index (χ2n) is 6.60. The van der Waals surface area contributed by atoms with Crippen molar-refractivity contribution in [2.45, 2.75) is 46.5 Å². The molecule has 17 heavy (non-hydrogen) atoms. The van der Waals surface area contributed by atoms with Crippen molar-refractivity contribution in [2.75, 3.05) is 26.2 Å². The van der Waals surface area contributed by atoms with E-state index in [1.54, 1.807) is 0 Å². The smallest absolute Gasteiger partial charge is 0.230 e. The van der Waals surface area contributed by atoms with Crippen LogP contribution in [0.4, 0.5) is 0 Å². The lowest BCUT2D eigenvalue weighted by Gasteiger charge is -2.32. The van der Waals surface area contributed by atoms with Crippen LogP contribution in [0.5, 0.6) is 0 Å². The summed E-state index contributed by atoms with van der Waals surface area (Å²) in [5.74, 6) is 0.412. The molecule has 2 aliphatic rings. The van der Waals surface area contributed by atoms with E-state index in [-0.39, 0.29) is 5.41 Å². The summed E-state index contributed by atoms with van der Waals surface area (Å²) in [5, 5.41) is 3.38. The van der Waals surface area contributed by atoms with Gasteiger partial charge in [0.15, 0.2) is 0 Å². The molecule has 3 heteroatoms. The molecule has 0 aromatic rings. The van der Waals surface area contributed by atoms with Gasteiger partial charge in [-0.1, -0.05) is 27.2 Å². The van der Waals surface area contributed by atoms with E-state index in [0.717, 1.165) is 51.9 Å². The number of nitrogens with zero attached hydrogens (tertiary/aromatic N) is 1. The molecule has 0 radical (unpaired) electrons. The molecule has 1 unspecified atom stereocenters. The van der Waals surface area contributed by atoms with Crippen molar-refractivity contribution in [1.29, 1.82) is 0 Å². The minimum Gasteiger partial charge on any atom is -0.342 e. The van der Waals surface area contributed by atoms with Crippen LogP contribution in [0, 0.1) is 10.8 Å². The van der Waals surface area contributed by atoms with Crippen LogP contribution in [0.1, 0.15) is 46.5 Å². The van der Waals surface area contributed by atoms with Gasteiger partial charge < -0.3 is 10.2 Å². The molecule has 0 bridgehead atoms. The molecule has 0 aliphatic carbocycles. The van der Waals surface area contributed by atoms with Crippen LogP contribution < -0.4 is 5.32 Å². The largest absolute Gasteiger partial charge is 0.342 e. The molecule has 2 fully saturated rings. The quantitative estimate of drug-likeness (QED) is 0.816. The highest BCUT2D eigenvalue weighted by Crippen LogP contribution is 2.37. The summed E-state index contributed by atoms with van der Waals surface area (Å²) >= 11 is 0. The van der Waals surface area contributed by atoms with Crippen LogP contribution in [0.3, 0.4) is 0 Å². The maximum absolute atomic E-state index is 12.7. The van der Waals surface area contributed by atoms with Crippen LogP contribution >= 0.6 is 0 Å². The zero-order valence-corrected chi connectivity index (χ0v) is 11.5. The second-order valence-corrected chi connectivity index (χ2v) is 6.60. The first-order chi connectivity index (χ1) is 7.99. The maximum Gasteiger partial charge on any atom is 0.230 e. The zero-order chi connectivity index (χ0) is 12.5. The molecule has 2 heterocycles. The van der Waals surface area contributed by atoms with Crippen molar-refractivity contribution in [3.8, 4) is 0 Å². The van der Waals surface area contributed by atoms with Crippen molar-refractivity contribution in [3.63, 3.8) is 0 Å². The first-order valence-corrected chi connectivity index (χ1v) is 6.99. The first-order valence-electron chi connectivity index (χ1n) is 6.99. The summed E-state index contributed by atoms with van der Waals surface area (Å²) in [6, 6.07) is 0. The zero-order valence-electron chi connectivity index (χ0n) is 11.5. The van der Waals surface area contributed by atoms with Crippen LogP contribution in [-0.2, 0) is 4.79 Å². The van der Waals surface area contributed by atoms with E-state index in [1.165, 1.54) is 0 Å². The van der Waals surface area contributed by atoms with Gasteiger partial charge in [0.05, 0.1) is 5.41 Å². The first kappa shape index (κ1) is 12.9. The van der Waals surface area contributed by atoms with E-state index >= 15 is 0 Å². The number of carbonyl (C=O) groups excluding carboxylic acids is 1. The van der Waals surface area contributed by atoms with Gasteiger partial charge in [0, 0.05) is 19.6 Å². The highest BCUT2D eigenvalue weighted by molar-refractivity contribution is 5.83. The SMILES string of the molecule is CCCC1(C(=O)N2CCC(C)(C)C2)CCNC1. The van der Waals surface area contributed by atoms with Crippen molar-refractivity contribution < 1.29 is 4.79 Å². The number of hydrogen-bond acceptors (Lipinski definition) is 2. The summed E-state index contributed by atoms with van der Waals surface area (Å²) in [4.78, 5) is 14.8. The standard InChI is InChI=1S/C14H26N2O/c1-4-5-14(6-8-15-10-14)12(17)16-9-7-13(2,3)11-16/h15H,4-11H2,1-3H3. The molecule has 0 aromatic carbocycles. The molecule has 1 N–H and O–H groups in total. The van der Waals surface area contributed by atoms with Gasteiger partial charge in [0.1, 0.15) is 0 Å². The van der Waals surface area contributed by atoms with Gasteiger partial charge in [-0.15, -0.1) is 0 Å². The Kier molecular flexibility index (Phi) is 3.48. The molecular weight excluding hydrogens is 212 g/mol. The molecular formula is C14H26N2O. The Bertz CT molecular complexity index is 293. The molecule has 0 spiro atoms. The van der Waals surface area contributed by atoms with Gasteiger partial charge in [-0.25, -0.2) is 0 Å². The van der Waals surface area contributed by atoms with Crippen molar-refractivity contribution in [3.05, 3.63) is 0 Å². The van der Waals surface area contributed by atoms with E-state index in [0.29, 0.717) is 11.3 Å². The van der Waals surface area contributed by atoms with Crippen molar-refractivity contribution in [2.24, 2.45) is 10.8 Å². The highest BCUT2D eigenvalue weighted by Gasteiger charge is 2.45. The number of carbonyl (C=O) groups is 1. The minimum atomic E-state index is -0.0881. The molecule has 2 aliphatic heterocycles. The van der Waals surface area contributed by atoms with Gasteiger partial charge in [-0.3, -0.25) is 4.79 Å². The van der Waals surface area contributed by atoms with E-state index in [4.69, 9.17) is 0 Å². The van der Waals surface area contributed by atoms with Crippen LogP contribution in [-0.4, -0.2) is 37.0 Å². The lowest BCUT2D eigenvalue weighted by Crippen LogP contribution is -2.44. The topological polar surface area (TPSA) is 32.3 Å². The fourth-order valence-electron chi connectivity index (χ4n) is 3.35. The number of rotatable bonds is 3. The average Bonchev–Trinajstić information content (AvgIpc) is 2.85. The number of hydrogen-bond donors (Lipinski definition) is 1. The molecule has 1 amide bonds. The van der Waals surface area contributed by atoms with E-state index in [2.05, 4.69) is 31.0 Å². The van der Waals surface area contributed by atoms with Crippen LogP contribution in [0.15, 0.2) is 0 Å². The lowest BCUT2D eigenvalue weighted by molar-refractivity contribution is -0.140. The normalized spacial score (nSPS) is 32.1. The Morgan fingerprint density at radius 3 is 2.59 bits per heavy atom. The Labute approximate surface area is 105 Å². The Morgan fingerprint density at radius 1 is 1.35 bits per heavy atom. The fourth-order valence-corrected chi connectivity index (χ4v) is 3.35. The molecule has 1 atom stereocenters. The summed E-state index contributed by atoms with van der Waals surface area (Å²) < 4.78 is 0. The van der Waals surface area contributed by atoms with E-state index in [1.807, 2.05) is 0 Å². The third-order valence-corrected chi connectivity index (χ3v) is 4.39. The predicted octanol–water partition coefficient (Wildman–Crippen LogP) is 2.02. The number of nitrogens with one attached hydrogen (secondary N) is 1. The Hall–Kier alpha value is -0.570. The van der Waals surface area contributed by atoms with Gasteiger partial charge >= 0.3 is 0 Å². The number of amides is 1. The Balaban J connectivity index is 2.07. The van der Waals surface area contributed by atoms with Gasteiger partial charge in [-0.2, -0.15) is 0 Å². The summed E-state index contributed by atoms with van der Waals surface area (Å²) in [7, 11) is 0. The van der Waals surface area contributed by atoms with Crippen molar-refractivity contribution >= 4 is 5.91 Å². The average molecular weight is 238 g/mol. The van der Waals surface area contributed by atoms with Gasteiger partial charge in [0.2, 0.25) is 5.91 Å².